The molecule has 0 unspecified atom stereocenters. The van der Waals surface area contributed by atoms with E-state index in [2.05, 4.69) is 24.2 Å². The van der Waals surface area contributed by atoms with Crippen LogP contribution in [0.4, 0.5) is 5.69 Å². The monoisotopic (exact) mass is 259 g/mol. The Kier molecular flexibility index (Phi) is 3.79. The fourth-order valence-corrected chi connectivity index (χ4v) is 2.24. The Bertz CT molecular complexity index is 587. The molecule has 4 heteroatoms. The van der Waals surface area contributed by atoms with Crippen LogP contribution in [0.2, 0.25) is 0 Å². The van der Waals surface area contributed by atoms with Gasteiger partial charge < -0.3 is 10.5 Å². The second-order valence-electron chi connectivity index (χ2n) is 4.74. The molecule has 0 atom stereocenters. The van der Waals surface area contributed by atoms with Crippen LogP contribution >= 0.6 is 0 Å². The summed E-state index contributed by atoms with van der Waals surface area (Å²) >= 11 is 0. The first kappa shape index (κ1) is 13.5. The van der Waals surface area contributed by atoms with Gasteiger partial charge in [-0.2, -0.15) is 5.10 Å². The summed E-state index contributed by atoms with van der Waals surface area (Å²) in [4.78, 5) is 0. The second-order valence-corrected chi connectivity index (χ2v) is 4.74. The Labute approximate surface area is 114 Å². The number of hydrogen-bond acceptors (Lipinski definition) is 3. The minimum atomic E-state index is 0.737. The van der Waals surface area contributed by atoms with Gasteiger partial charge in [0.2, 0.25) is 0 Å². The van der Waals surface area contributed by atoms with Gasteiger partial charge in [0.15, 0.2) is 0 Å². The van der Waals surface area contributed by atoms with E-state index in [1.165, 1.54) is 11.1 Å². The summed E-state index contributed by atoms with van der Waals surface area (Å²) in [5.74, 6) is 0.944. The van der Waals surface area contributed by atoms with Gasteiger partial charge in [-0.15, -0.1) is 0 Å². The molecule has 1 aromatic heterocycles. The molecule has 0 aliphatic rings. The Balaban J connectivity index is 2.30. The lowest BCUT2D eigenvalue weighted by Gasteiger charge is -2.10. The Morgan fingerprint density at radius 1 is 1.32 bits per heavy atom. The molecule has 0 aliphatic heterocycles. The van der Waals surface area contributed by atoms with Gasteiger partial charge in [0, 0.05) is 0 Å². The highest BCUT2D eigenvalue weighted by molar-refractivity contribution is 5.47. The van der Waals surface area contributed by atoms with Crippen molar-refractivity contribution in [1.29, 1.82) is 0 Å². The zero-order chi connectivity index (χ0) is 14.0. The third-order valence-electron chi connectivity index (χ3n) is 3.50. The number of nitrogen functional groups attached to an aromatic ring is 1. The minimum Gasteiger partial charge on any atom is -0.496 e. The average molecular weight is 259 g/mol. The number of hydrogen-bond donors (Lipinski definition) is 1. The number of nitrogens with zero attached hydrogens (tertiary/aromatic N) is 2. The first-order valence-corrected chi connectivity index (χ1v) is 6.52. The lowest BCUT2D eigenvalue weighted by molar-refractivity contribution is 0.410. The van der Waals surface area contributed by atoms with E-state index in [4.69, 9.17) is 10.5 Å². The lowest BCUT2D eigenvalue weighted by atomic mass is 10.1. The van der Waals surface area contributed by atoms with Gasteiger partial charge in [-0.3, -0.25) is 4.68 Å². The third-order valence-corrected chi connectivity index (χ3v) is 3.50. The van der Waals surface area contributed by atoms with Gasteiger partial charge in [0.25, 0.3) is 0 Å². The topological polar surface area (TPSA) is 53.1 Å². The van der Waals surface area contributed by atoms with Crippen LogP contribution < -0.4 is 10.5 Å². The number of aromatic nitrogens is 2. The summed E-state index contributed by atoms with van der Waals surface area (Å²) < 4.78 is 7.30. The Hall–Kier alpha value is -1.97. The fraction of sp³-hybridized carbons (Fsp3) is 0.400. The van der Waals surface area contributed by atoms with Crippen molar-refractivity contribution in [3.8, 4) is 5.75 Å². The Morgan fingerprint density at radius 3 is 2.58 bits per heavy atom. The molecule has 2 aromatic rings. The number of rotatable bonds is 4. The molecule has 0 fully saturated rings. The minimum absolute atomic E-state index is 0.737. The van der Waals surface area contributed by atoms with Crippen LogP contribution in [-0.2, 0) is 13.0 Å². The molecule has 102 valence electrons. The van der Waals surface area contributed by atoms with Crippen LogP contribution in [0.3, 0.4) is 0 Å². The summed E-state index contributed by atoms with van der Waals surface area (Å²) in [5, 5.41) is 4.46. The molecule has 2 rings (SSSR count). The van der Waals surface area contributed by atoms with E-state index in [0.29, 0.717) is 0 Å². The van der Waals surface area contributed by atoms with Crippen molar-refractivity contribution in [2.24, 2.45) is 0 Å². The molecule has 4 nitrogen and oxygen atoms in total. The highest BCUT2D eigenvalue weighted by atomic mass is 16.5. The van der Waals surface area contributed by atoms with Gasteiger partial charge in [0.05, 0.1) is 30.7 Å². The quantitative estimate of drug-likeness (QED) is 0.918. The molecule has 0 bridgehead atoms. The molecule has 19 heavy (non-hydrogen) atoms. The summed E-state index contributed by atoms with van der Waals surface area (Å²) in [5.41, 5.74) is 11.1. The van der Waals surface area contributed by atoms with Crippen LogP contribution in [0.25, 0.3) is 0 Å². The summed E-state index contributed by atoms with van der Waals surface area (Å²) in [6.45, 7) is 6.80. The Morgan fingerprint density at radius 2 is 2.05 bits per heavy atom. The predicted molar refractivity (Wildman–Crippen MR) is 77.6 cm³/mol. The summed E-state index contributed by atoms with van der Waals surface area (Å²) in [6, 6.07) is 6.26. The number of anilines is 1. The number of methoxy groups -OCH3 is 1. The van der Waals surface area contributed by atoms with Crippen LogP contribution in [0, 0.1) is 13.8 Å². The van der Waals surface area contributed by atoms with Crippen LogP contribution in [-0.4, -0.2) is 16.9 Å². The van der Waals surface area contributed by atoms with E-state index in [1.807, 2.05) is 24.6 Å². The molecule has 1 heterocycles. The molecule has 0 saturated heterocycles. The summed E-state index contributed by atoms with van der Waals surface area (Å²) in [7, 11) is 1.70. The zero-order valence-corrected chi connectivity index (χ0v) is 12.0. The molecule has 0 aliphatic carbocycles. The van der Waals surface area contributed by atoms with Gasteiger partial charge in [-0.1, -0.05) is 19.1 Å². The summed E-state index contributed by atoms with van der Waals surface area (Å²) in [6.07, 6.45) is 0.955. The molecular formula is C15H21N3O. The largest absolute Gasteiger partial charge is 0.496 e. The van der Waals surface area contributed by atoms with Crippen molar-refractivity contribution in [2.45, 2.75) is 33.7 Å². The number of ether oxygens (including phenoxy) is 1. The van der Waals surface area contributed by atoms with Crippen LogP contribution in [0.5, 0.6) is 5.75 Å². The fourth-order valence-electron chi connectivity index (χ4n) is 2.24. The van der Waals surface area contributed by atoms with Crippen molar-refractivity contribution in [2.75, 3.05) is 12.8 Å². The van der Waals surface area contributed by atoms with E-state index in [0.717, 1.165) is 35.8 Å². The molecule has 0 spiro atoms. The maximum absolute atomic E-state index is 5.95. The molecule has 0 saturated carbocycles. The van der Waals surface area contributed by atoms with Gasteiger partial charge >= 0.3 is 0 Å². The van der Waals surface area contributed by atoms with E-state index < -0.39 is 0 Å². The zero-order valence-electron chi connectivity index (χ0n) is 12.0. The standard InChI is InChI=1S/C15H21N3O/c1-5-13-8-12(6-7-14(13)19-4)9-18-11(3)15(16)10(2)17-18/h6-8H,5,9,16H2,1-4H3. The molecule has 2 N–H and O–H groups in total. The van der Waals surface area contributed by atoms with Crippen molar-refractivity contribution in [1.82, 2.24) is 9.78 Å². The smallest absolute Gasteiger partial charge is 0.122 e. The molecule has 1 aromatic carbocycles. The van der Waals surface area contributed by atoms with Gasteiger partial charge in [-0.05, 0) is 37.5 Å². The highest BCUT2D eigenvalue weighted by Crippen LogP contribution is 2.22. The maximum atomic E-state index is 5.95. The first-order chi connectivity index (χ1) is 9.06. The van der Waals surface area contributed by atoms with Gasteiger partial charge in [0.1, 0.15) is 5.75 Å². The number of benzene rings is 1. The molecule has 0 amide bonds. The van der Waals surface area contributed by atoms with E-state index in [9.17, 15) is 0 Å². The van der Waals surface area contributed by atoms with Crippen LogP contribution in [0.15, 0.2) is 18.2 Å². The second kappa shape index (κ2) is 5.34. The van der Waals surface area contributed by atoms with Crippen molar-refractivity contribution in [3.05, 3.63) is 40.7 Å². The highest BCUT2D eigenvalue weighted by Gasteiger charge is 2.09. The maximum Gasteiger partial charge on any atom is 0.122 e. The van der Waals surface area contributed by atoms with E-state index >= 15 is 0 Å². The lowest BCUT2D eigenvalue weighted by Crippen LogP contribution is -2.05. The van der Waals surface area contributed by atoms with Crippen molar-refractivity contribution in [3.63, 3.8) is 0 Å². The third kappa shape index (κ3) is 2.57. The number of nitrogens with two attached hydrogens (primary N) is 1. The van der Waals surface area contributed by atoms with Crippen LogP contribution in [0.1, 0.15) is 29.4 Å². The molecular weight excluding hydrogens is 238 g/mol. The normalized spacial score (nSPS) is 10.7. The van der Waals surface area contributed by atoms with E-state index in [-0.39, 0.29) is 0 Å². The SMILES string of the molecule is CCc1cc(Cn2nc(C)c(N)c2C)ccc1OC. The van der Waals surface area contributed by atoms with Gasteiger partial charge in [-0.25, -0.2) is 0 Å². The first-order valence-electron chi connectivity index (χ1n) is 6.52. The average Bonchev–Trinajstić information content (AvgIpc) is 2.66. The van der Waals surface area contributed by atoms with E-state index in [1.54, 1.807) is 7.11 Å². The van der Waals surface area contributed by atoms with Crippen molar-refractivity contribution >= 4 is 5.69 Å². The predicted octanol–water partition coefficient (Wildman–Crippen LogP) is 2.70. The number of aryl methyl sites for hydroxylation is 2. The van der Waals surface area contributed by atoms with Crippen molar-refractivity contribution < 1.29 is 4.74 Å². The molecule has 0 radical (unpaired) electrons.